The Morgan fingerprint density at radius 1 is 1.24 bits per heavy atom. The molecule has 1 aromatic carbocycles. The van der Waals surface area contributed by atoms with Gasteiger partial charge in [0.15, 0.2) is 0 Å². The average molecular weight is 291 g/mol. The molecule has 0 unspecified atom stereocenters. The van der Waals surface area contributed by atoms with Gasteiger partial charge in [-0.25, -0.2) is 4.79 Å². The zero-order chi connectivity index (χ0) is 15.2. The summed E-state index contributed by atoms with van der Waals surface area (Å²) in [5, 5.41) is 0. The molecule has 114 valence electrons. The summed E-state index contributed by atoms with van der Waals surface area (Å²) in [4.78, 5) is 25.4. The van der Waals surface area contributed by atoms with Gasteiger partial charge in [-0.3, -0.25) is 4.79 Å². The number of esters is 1. The number of benzene rings is 1. The first-order valence-electron chi connectivity index (χ1n) is 7.19. The molecule has 0 saturated carbocycles. The maximum atomic E-state index is 12.1. The summed E-state index contributed by atoms with van der Waals surface area (Å²) >= 11 is 0. The van der Waals surface area contributed by atoms with Crippen LogP contribution in [0.3, 0.4) is 0 Å². The third-order valence-electron chi connectivity index (χ3n) is 3.93. The molecular weight excluding hydrogens is 270 g/mol. The molecule has 1 saturated heterocycles. The van der Waals surface area contributed by atoms with Crippen molar-refractivity contribution in [3.05, 3.63) is 35.9 Å². The van der Waals surface area contributed by atoms with Crippen molar-refractivity contribution in [3.63, 3.8) is 0 Å². The fourth-order valence-corrected chi connectivity index (χ4v) is 2.66. The van der Waals surface area contributed by atoms with Crippen molar-refractivity contribution in [2.75, 3.05) is 20.2 Å². The number of nitrogens with zero attached hydrogens (tertiary/aromatic N) is 1. The van der Waals surface area contributed by atoms with Crippen molar-refractivity contribution in [3.8, 4) is 0 Å². The van der Waals surface area contributed by atoms with Crippen LogP contribution >= 0.6 is 0 Å². The predicted molar refractivity (Wildman–Crippen MR) is 77.5 cm³/mol. The van der Waals surface area contributed by atoms with Crippen LogP contribution in [0, 0.1) is 11.8 Å². The van der Waals surface area contributed by atoms with Gasteiger partial charge in [0.2, 0.25) is 0 Å². The lowest BCUT2D eigenvalue weighted by Gasteiger charge is -2.16. The van der Waals surface area contributed by atoms with Gasteiger partial charge in [-0.15, -0.1) is 0 Å². The van der Waals surface area contributed by atoms with Gasteiger partial charge in [-0.2, -0.15) is 0 Å². The molecule has 1 aliphatic heterocycles. The van der Waals surface area contributed by atoms with Crippen LogP contribution in [0.25, 0.3) is 0 Å². The van der Waals surface area contributed by atoms with E-state index in [1.807, 2.05) is 37.3 Å². The van der Waals surface area contributed by atoms with Gasteiger partial charge in [0, 0.05) is 13.1 Å². The topological polar surface area (TPSA) is 55.8 Å². The molecule has 21 heavy (non-hydrogen) atoms. The van der Waals surface area contributed by atoms with Crippen LogP contribution in [0.2, 0.25) is 0 Å². The van der Waals surface area contributed by atoms with E-state index in [0.29, 0.717) is 13.1 Å². The van der Waals surface area contributed by atoms with Crippen LogP contribution in [-0.2, 0) is 20.9 Å². The standard InChI is InChI=1S/C16H21NO4/c1-3-13-9-17(10-14(13)15(18)20-2)16(19)21-11-12-7-5-4-6-8-12/h4-8,13-14H,3,9-11H2,1-2H3/t13-,14+/m1/s1. The Labute approximate surface area is 124 Å². The molecule has 0 bridgehead atoms. The van der Waals surface area contributed by atoms with E-state index in [-0.39, 0.29) is 30.5 Å². The Bertz CT molecular complexity index is 488. The Morgan fingerprint density at radius 3 is 2.57 bits per heavy atom. The second kappa shape index (κ2) is 7.11. The van der Waals surface area contributed by atoms with Crippen molar-refractivity contribution in [1.29, 1.82) is 0 Å². The lowest BCUT2D eigenvalue weighted by Crippen LogP contribution is -2.30. The smallest absolute Gasteiger partial charge is 0.410 e. The van der Waals surface area contributed by atoms with E-state index >= 15 is 0 Å². The number of amides is 1. The van der Waals surface area contributed by atoms with Crippen LogP contribution in [0.4, 0.5) is 4.79 Å². The molecule has 0 aromatic heterocycles. The molecular formula is C16H21NO4. The normalized spacial score (nSPS) is 21.1. The molecule has 1 aliphatic rings. The van der Waals surface area contributed by atoms with Crippen molar-refractivity contribution in [2.24, 2.45) is 11.8 Å². The van der Waals surface area contributed by atoms with Crippen LogP contribution in [0.1, 0.15) is 18.9 Å². The second-order valence-electron chi connectivity index (χ2n) is 5.24. The molecule has 1 aromatic rings. The van der Waals surface area contributed by atoms with Crippen molar-refractivity contribution >= 4 is 12.1 Å². The highest BCUT2D eigenvalue weighted by molar-refractivity contribution is 5.76. The predicted octanol–water partition coefficient (Wildman–Crippen LogP) is 2.45. The van der Waals surface area contributed by atoms with E-state index in [1.165, 1.54) is 7.11 Å². The summed E-state index contributed by atoms with van der Waals surface area (Å²) in [5.41, 5.74) is 0.946. The van der Waals surface area contributed by atoms with Gasteiger partial charge in [-0.1, -0.05) is 43.7 Å². The molecule has 2 atom stereocenters. The summed E-state index contributed by atoms with van der Waals surface area (Å²) in [6.45, 7) is 3.18. The Kier molecular flexibility index (Phi) is 5.20. The van der Waals surface area contributed by atoms with E-state index in [0.717, 1.165) is 12.0 Å². The fourth-order valence-electron chi connectivity index (χ4n) is 2.66. The molecule has 0 aliphatic carbocycles. The number of hydrogen-bond acceptors (Lipinski definition) is 4. The molecule has 1 heterocycles. The van der Waals surface area contributed by atoms with Crippen molar-refractivity contribution in [2.45, 2.75) is 20.0 Å². The van der Waals surface area contributed by atoms with Gasteiger partial charge in [0.05, 0.1) is 13.0 Å². The number of rotatable bonds is 4. The minimum absolute atomic E-state index is 0.140. The number of ether oxygens (including phenoxy) is 2. The number of carbonyl (C=O) groups excluding carboxylic acids is 2. The number of methoxy groups -OCH3 is 1. The second-order valence-corrected chi connectivity index (χ2v) is 5.24. The maximum absolute atomic E-state index is 12.1. The third kappa shape index (κ3) is 3.74. The zero-order valence-corrected chi connectivity index (χ0v) is 12.5. The minimum atomic E-state index is -0.372. The zero-order valence-electron chi connectivity index (χ0n) is 12.5. The molecule has 5 heteroatoms. The monoisotopic (exact) mass is 291 g/mol. The maximum Gasteiger partial charge on any atom is 0.410 e. The first-order chi connectivity index (χ1) is 10.2. The van der Waals surface area contributed by atoms with Gasteiger partial charge in [-0.05, 0) is 11.5 Å². The van der Waals surface area contributed by atoms with Gasteiger partial charge < -0.3 is 14.4 Å². The van der Waals surface area contributed by atoms with Crippen LogP contribution < -0.4 is 0 Å². The summed E-state index contributed by atoms with van der Waals surface area (Å²) in [7, 11) is 1.38. The molecule has 0 spiro atoms. The Hall–Kier alpha value is -2.04. The molecule has 2 rings (SSSR count). The SMILES string of the molecule is CC[C@@H]1CN(C(=O)OCc2ccccc2)C[C@@H]1C(=O)OC. The lowest BCUT2D eigenvalue weighted by molar-refractivity contribution is -0.146. The highest BCUT2D eigenvalue weighted by atomic mass is 16.6. The summed E-state index contributed by atoms with van der Waals surface area (Å²) in [6, 6.07) is 9.53. The Morgan fingerprint density at radius 2 is 1.95 bits per heavy atom. The molecule has 1 fully saturated rings. The van der Waals surface area contributed by atoms with E-state index in [1.54, 1.807) is 4.90 Å². The molecule has 5 nitrogen and oxygen atoms in total. The summed E-state index contributed by atoms with van der Waals surface area (Å²) < 4.78 is 10.1. The van der Waals surface area contributed by atoms with E-state index in [2.05, 4.69) is 0 Å². The van der Waals surface area contributed by atoms with E-state index in [4.69, 9.17) is 9.47 Å². The number of carbonyl (C=O) groups is 2. The number of likely N-dealkylation sites (tertiary alicyclic amines) is 1. The van der Waals surface area contributed by atoms with E-state index < -0.39 is 0 Å². The van der Waals surface area contributed by atoms with Gasteiger partial charge >= 0.3 is 12.1 Å². The number of hydrogen-bond donors (Lipinski definition) is 0. The van der Waals surface area contributed by atoms with Crippen molar-refractivity contribution < 1.29 is 19.1 Å². The lowest BCUT2D eigenvalue weighted by atomic mass is 9.94. The average Bonchev–Trinajstić information content (AvgIpc) is 2.97. The van der Waals surface area contributed by atoms with Crippen LogP contribution in [0.15, 0.2) is 30.3 Å². The first kappa shape index (κ1) is 15.4. The summed E-state index contributed by atoms with van der Waals surface area (Å²) in [6.07, 6.45) is 0.464. The van der Waals surface area contributed by atoms with Crippen LogP contribution in [0.5, 0.6) is 0 Å². The first-order valence-corrected chi connectivity index (χ1v) is 7.19. The van der Waals surface area contributed by atoms with Gasteiger partial charge in [0.1, 0.15) is 6.61 Å². The molecule has 0 radical (unpaired) electrons. The largest absolute Gasteiger partial charge is 0.469 e. The van der Waals surface area contributed by atoms with Crippen molar-refractivity contribution in [1.82, 2.24) is 4.90 Å². The summed E-state index contributed by atoms with van der Waals surface area (Å²) in [5.74, 6) is -0.355. The highest BCUT2D eigenvalue weighted by Crippen LogP contribution is 2.27. The fraction of sp³-hybridized carbons (Fsp3) is 0.500. The van der Waals surface area contributed by atoms with E-state index in [9.17, 15) is 9.59 Å². The highest BCUT2D eigenvalue weighted by Gasteiger charge is 2.39. The quantitative estimate of drug-likeness (QED) is 0.800. The molecule has 0 N–H and O–H groups in total. The minimum Gasteiger partial charge on any atom is -0.469 e. The molecule has 1 amide bonds. The van der Waals surface area contributed by atoms with Crippen LogP contribution in [-0.4, -0.2) is 37.2 Å². The Balaban J connectivity index is 1.90. The van der Waals surface area contributed by atoms with Gasteiger partial charge in [0.25, 0.3) is 0 Å². The third-order valence-corrected chi connectivity index (χ3v) is 3.93.